The number of ether oxygens (including phenoxy) is 1. The zero-order valence-corrected chi connectivity index (χ0v) is 15.8. The molecule has 0 atom stereocenters. The Balaban J connectivity index is 1.44. The third-order valence-electron chi connectivity index (χ3n) is 5.18. The molecule has 0 bridgehead atoms. The lowest BCUT2D eigenvalue weighted by Gasteiger charge is -2.28. The summed E-state index contributed by atoms with van der Waals surface area (Å²) in [5.41, 5.74) is 3.20. The van der Waals surface area contributed by atoms with Crippen molar-refractivity contribution in [1.82, 2.24) is 19.5 Å². The van der Waals surface area contributed by atoms with E-state index in [1.165, 1.54) is 5.39 Å². The third kappa shape index (κ3) is 3.03. The molecule has 0 radical (unpaired) electrons. The quantitative estimate of drug-likeness (QED) is 0.589. The van der Waals surface area contributed by atoms with Crippen LogP contribution in [0.2, 0.25) is 0 Å². The molecule has 0 unspecified atom stereocenters. The van der Waals surface area contributed by atoms with Crippen molar-refractivity contribution in [1.29, 1.82) is 0 Å². The highest BCUT2D eigenvalue weighted by Crippen LogP contribution is 2.26. The topological polar surface area (TPSA) is 68.1 Å². The second-order valence-electron chi connectivity index (χ2n) is 6.86. The summed E-state index contributed by atoms with van der Waals surface area (Å²) in [7, 11) is 0. The molecular weight excluding hydrogens is 352 g/mol. The number of aromatic nitrogens is 4. The van der Waals surface area contributed by atoms with Gasteiger partial charge in [-0.25, -0.2) is 15.0 Å². The Kier molecular flexibility index (Phi) is 4.29. The maximum atomic E-state index is 5.41. The summed E-state index contributed by atoms with van der Waals surface area (Å²) in [6, 6.07) is 10.3. The number of morpholine rings is 1. The summed E-state index contributed by atoms with van der Waals surface area (Å²) in [6.07, 6.45) is 5.85. The van der Waals surface area contributed by atoms with Crippen molar-refractivity contribution >= 4 is 39.3 Å². The van der Waals surface area contributed by atoms with Gasteiger partial charge in [-0.2, -0.15) is 0 Å². The van der Waals surface area contributed by atoms with Gasteiger partial charge in [0.1, 0.15) is 11.3 Å². The number of rotatable bonds is 4. The van der Waals surface area contributed by atoms with Crippen LogP contribution in [-0.4, -0.2) is 45.8 Å². The number of benzene rings is 1. The summed E-state index contributed by atoms with van der Waals surface area (Å²) in [5, 5.41) is 5.45. The molecule has 3 aromatic heterocycles. The van der Waals surface area contributed by atoms with Gasteiger partial charge in [0.15, 0.2) is 0 Å². The van der Waals surface area contributed by atoms with Gasteiger partial charge >= 0.3 is 0 Å². The van der Waals surface area contributed by atoms with Gasteiger partial charge in [-0.3, -0.25) is 0 Å². The summed E-state index contributed by atoms with van der Waals surface area (Å²) in [5.74, 6) is 1.28. The number of hydrogen-bond acceptors (Lipinski definition) is 6. The van der Waals surface area contributed by atoms with E-state index in [4.69, 9.17) is 9.72 Å². The lowest BCUT2D eigenvalue weighted by Crippen LogP contribution is -2.36. The van der Waals surface area contributed by atoms with E-state index in [2.05, 4.69) is 62.1 Å². The normalized spacial score (nSPS) is 14.7. The van der Waals surface area contributed by atoms with Crippen molar-refractivity contribution in [3.63, 3.8) is 0 Å². The van der Waals surface area contributed by atoms with E-state index in [0.717, 1.165) is 60.8 Å². The number of hydrogen-bond donors (Lipinski definition) is 1. The first-order valence-electron chi connectivity index (χ1n) is 9.62. The highest BCUT2D eigenvalue weighted by atomic mass is 16.5. The molecule has 5 rings (SSSR count). The second-order valence-corrected chi connectivity index (χ2v) is 6.86. The second kappa shape index (κ2) is 7.09. The number of aryl methyl sites for hydroxylation is 1. The highest BCUT2D eigenvalue weighted by molar-refractivity contribution is 6.03. The molecule has 28 heavy (non-hydrogen) atoms. The lowest BCUT2D eigenvalue weighted by molar-refractivity contribution is 0.122. The molecule has 1 saturated heterocycles. The standard InChI is InChI=1S/C21H22N6O/c1-2-26-8-7-15-3-4-16-13-23-21(25-19(16)20(15)26)24-18-6-5-17(14-22-18)27-9-11-28-12-10-27/h3-8,13-14H,2,9-12H2,1H3,(H,22,23,24,25). The summed E-state index contributed by atoms with van der Waals surface area (Å²) < 4.78 is 7.62. The molecule has 1 aliphatic heterocycles. The average molecular weight is 374 g/mol. The zero-order chi connectivity index (χ0) is 18.9. The SMILES string of the molecule is CCn1ccc2ccc3cnc(Nc4ccc(N5CCOCC5)cn4)nc3c21. The van der Waals surface area contributed by atoms with Crippen LogP contribution in [0.3, 0.4) is 0 Å². The molecule has 1 aliphatic rings. The Morgan fingerprint density at radius 3 is 2.64 bits per heavy atom. The van der Waals surface area contributed by atoms with Crippen LogP contribution in [-0.2, 0) is 11.3 Å². The highest BCUT2D eigenvalue weighted by Gasteiger charge is 2.12. The van der Waals surface area contributed by atoms with Gasteiger partial charge in [0.2, 0.25) is 5.95 Å². The van der Waals surface area contributed by atoms with Gasteiger partial charge in [-0.05, 0) is 25.1 Å². The van der Waals surface area contributed by atoms with Crippen LogP contribution in [0.25, 0.3) is 21.8 Å². The van der Waals surface area contributed by atoms with Crippen LogP contribution in [0, 0.1) is 0 Å². The number of anilines is 3. The molecule has 1 fully saturated rings. The fourth-order valence-electron chi connectivity index (χ4n) is 3.69. The minimum Gasteiger partial charge on any atom is -0.378 e. The molecule has 7 heteroatoms. The van der Waals surface area contributed by atoms with Gasteiger partial charge in [-0.1, -0.05) is 12.1 Å². The monoisotopic (exact) mass is 374 g/mol. The van der Waals surface area contributed by atoms with E-state index in [0.29, 0.717) is 5.95 Å². The van der Waals surface area contributed by atoms with E-state index < -0.39 is 0 Å². The first-order valence-corrected chi connectivity index (χ1v) is 9.62. The van der Waals surface area contributed by atoms with Gasteiger partial charge in [0.25, 0.3) is 0 Å². The van der Waals surface area contributed by atoms with Crippen LogP contribution in [0.15, 0.2) is 48.9 Å². The molecule has 4 aromatic rings. The Morgan fingerprint density at radius 2 is 1.86 bits per heavy atom. The molecule has 0 amide bonds. The van der Waals surface area contributed by atoms with E-state index in [-0.39, 0.29) is 0 Å². The van der Waals surface area contributed by atoms with E-state index >= 15 is 0 Å². The van der Waals surface area contributed by atoms with Crippen molar-refractivity contribution in [3.8, 4) is 0 Å². The molecule has 1 N–H and O–H groups in total. The largest absolute Gasteiger partial charge is 0.378 e. The number of fused-ring (bicyclic) bond motifs is 3. The van der Waals surface area contributed by atoms with Crippen LogP contribution in [0.5, 0.6) is 0 Å². The first kappa shape index (κ1) is 16.9. The van der Waals surface area contributed by atoms with Crippen LogP contribution in [0.1, 0.15) is 6.92 Å². The minimum absolute atomic E-state index is 0.551. The molecule has 4 heterocycles. The van der Waals surface area contributed by atoms with Crippen LogP contribution >= 0.6 is 0 Å². The molecular formula is C21H22N6O. The maximum Gasteiger partial charge on any atom is 0.228 e. The van der Waals surface area contributed by atoms with Crippen molar-refractivity contribution < 1.29 is 4.74 Å². The number of nitrogens with one attached hydrogen (secondary N) is 1. The van der Waals surface area contributed by atoms with Gasteiger partial charge in [0, 0.05) is 42.8 Å². The van der Waals surface area contributed by atoms with E-state index in [1.807, 2.05) is 18.5 Å². The molecule has 0 aliphatic carbocycles. The third-order valence-corrected chi connectivity index (χ3v) is 5.18. The van der Waals surface area contributed by atoms with Crippen LogP contribution in [0.4, 0.5) is 17.5 Å². The molecule has 0 spiro atoms. The Morgan fingerprint density at radius 1 is 1.00 bits per heavy atom. The van der Waals surface area contributed by atoms with Gasteiger partial charge < -0.3 is 19.5 Å². The van der Waals surface area contributed by atoms with Crippen LogP contribution < -0.4 is 10.2 Å². The minimum atomic E-state index is 0.551. The summed E-state index contributed by atoms with van der Waals surface area (Å²) in [4.78, 5) is 16.1. The average Bonchev–Trinajstić information content (AvgIpc) is 3.19. The fraction of sp³-hybridized carbons (Fsp3) is 0.286. The molecule has 1 aromatic carbocycles. The zero-order valence-electron chi connectivity index (χ0n) is 15.8. The smallest absolute Gasteiger partial charge is 0.228 e. The predicted octanol–water partition coefficient (Wildman–Crippen LogP) is 3.58. The number of pyridine rings is 1. The van der Waals surface area contributed by atoms with Gasteiger partial charge in [0.05, 0.1) is 30.6 Å². The van der Waals surface area contributed by atoms with E-state index in [9.17, 15) is 0 Å². The first-order chi connectivity index (χ1) is 13.8. The molecule has 0 saturated carbocycles. The Hall–Kier alpha value is -3.19. The van der Waals surface area contributed by atoms with Crippen molar-refractivity contribution in [2.24, 2.45) is 0 Å². The Labute approximate surface area is 163 Å². The predicted molar refractivity (Wildman–Crippen MR) is 111 cm³/mol. The number of nitrogens with zero attached hydrogens (tertiary/aromatic N) is 5. The fourth-order valence-corrected chi connectivity index (χ4v) is 3.69. The molecule has 7 nitrogen and oxygen atoms in total. The van der Waals surface area contributed by atoms with Crippen molar-refractivity contribution in [2.45, 2.75) is 13.5 Å². The maximum absolute atomic E-state index is 5.41. The van der Waals surface area contributed by atoms with E-state index in [1.54, 1.807) is 0 Å². The lowest BCUT2D eigenvalue weighted by atomic mass is 10.2. The van der Waals surface area contributed by atoms with Crippen molar-refractivity contribution in [3.05, 3.63) is 48.9 Å². The van der Waals surface area contributed by atoms with Gasteiger partial charge in [-0.15, -0.1) is 0 Å². The molecule has 142 valence electrons. The summed E-state index contributed by atoms with van der Waals surface area (Å²) >= 11 is 0. The summed E-state index contributed by atoms with van der Waals surface area (Å²) in [6.45, 7) is 6.36. The Bertz CT molecular complexity index is 1120. The van der Waals surface area contributed by atoms with Crippen molar-refractivity contribution in [2.75, 3.05) is 36.5 Å².